The number of hydrogen-bond acceptors (Lipinski definition) is 4. The van der Waals surface area contributed by atoms with Gasteiger partial charge >= 0.3 is 0 Å². The largest absolute Gasteiger partial charge is 0.397 e. The van der Waals surface area contributed by atoms with E-state index in [0.717, 1.165) is 22.1 Å². The summed E-state index contributed by atoms with van der Waals surface area (Å²) in [6.07, 6.45) is 0. The van der Waals surface area contributed by atoms with Crippen molar-refractivity contribution in [3.05, 3.63) is 22.4 Å². The smallest absolute Gasteiger partial charge is 0.0643 e. The zero-order valence-electron chi connectivity index (χ0n) is 8.20. The van der Waals surface area contributed by atoms with Crippen LogP contribution in [0, 0.1) is 6.92 Å². The van der Waals surface area contributed by atoms with Crippen LogP contribution in [0.2, 0.25) is 0 Å². The molecule has 0 bridgehead atoms. The van der Waals surface area contributed by atoms with Crippen LogP contribution in [0.3, 0.4) is 0 Å². The van der Waals surface area contributed by atoms with Crippen LogP contribution in [0.15, 0.2) is 17.5 Å². The second-order valence-corrected chi connectivity index (χ2v) is 5.76. The van der Waals surface area contributed by atoms with E-state index in [0.29, 0.717) is 0 Å². The van der Waals surface area contributed by atoms with Crippen LogP contribution in [0.1, 0.15) is 4.88 Å². The standard InChI is InChI=1S/C11H10N2S2/c1-5-4-7-9(13)8(12)6-2-3-14-10(6)11(7)15-5/h2-4H,12-13H2,1H3. The van der Waals surface area contributed by atoms with E-state index in [1.54, 1.807) is 22.7 Å². The van der Waals surface area contributed by atoms with Gasteiger partial charge in [-0.05, 0) is 24.4 Å². The summed E-state index contributed by atoms with van der Waals surface area (Å²) >= 11 is 3.51. The first kappa shape index (κ1) is 9.00. The molecule has 0 aliphatic heterocycles. The molecule has 0 unspecified atom stereocenters. The highest BCUT2D eigenvalue weighted by atomic mass is 32.1. The third-order valence-corrected chi connectivity index (χ3v) is 4.73. The number of fused-ring (bicyclic) bond motifs is 3. The molecule has 0 saturated heterocycles. The lowest BCUT2D eigenvalue weighted by atomic mass is 10.1. The Morgan fingerprint density at radius 2 is 1.80 bits per heavy atom. The van der Waals surface area contributed by atoms with Crippen molar-refractivity contribution in [2.45, 2.75) is 6.92 Å². The molecule has 0 amide bonds. The van der Waals surface area contributed by atoms with Gasteiger partial charge in [0.25, 0.3) is 0 Å². The van der Waals surface area contributed by atoms with Gasteiger partial charge in [0.05, 0.1) is 20.8 Å². The SMILES string of the molecule is Cc1cc2c(N)c(N)c3ccsc3c2s1. The van der Waals surface area contributed by atoms with Crippen molar-refractivity contribution in [1.29, 1.82) is 0 Å². The van der Waals surface area contributed by atoms with Crippen molar-refractivity contribution in [3.63, 3.8) is 0 Å². The molecule has 15 heavy (non-hydrogen) atoms. The molecule has 4 heteroatoms. The molecular weight excluding hydrogens is 224 g/mol. The quantitative estimate of drug-likeness (QED) is 0.461. The number of nitrogen functional groups attached to an aromatic ring is 2. The molecule has 2 nitrogen and oxygen atoms in total. The highest BCUT2D eigenvalue weighted by molar-refractivity contribution is 7.26. The van der Waals surface area contributed by atoms with Gasteiger partial charge in [-0.2, -0.15) is 0 Å². The molecule has 76 valence electrons. The Morgan fingerprint density at radius 3 is 2.60 bits per heavy atom. The summed E-state index contributed by atoms with van der Waals surface area (Å²) in [4.78, 5) is 1.28. The van der Waals surface area contributed by atoms with Crippen molar-refractivity contribution >= 4 is 54.2 Å². The molecule has 3 rings (SSSR count). The van der Waals surface area contributed by atoms with Crippen molar-refractivity contribution in [2.75, 3.05) is 11.5 Å². The van der Waals surface area contributed by atoms with Crippen LogP contribution in [0.25, 0.3) is 20.2 Å². The molecule has 2 heterocycles. The van der Waals surface area contributed by atoms with Gasteiger partial charge in [-0.1, -0.05) is 0 Å². The van der Waals surface area contributed by atoms with Crippen LogP contribution in [0.5, 0.6) is 0 Å². The van der Waals surface area contributed by atoms with Crippen molar-refractivity contribution in [1.82, 2.24) is 0 Å². The number of aryl methyl sites for hydroxylation is 1. The third-order valence-electron chi connectivity index (χ3n) is 2.60. The minimum absolute atomic E-state index is 0.719. The topological polar surface area (TPSA) is 52.0 Å². The fraction of sp³-hybridized carbons (Fsp3) is 0.0909. The molecule has 0 radical (unpaired) electrons. The molecule has 0 aliphatic rings. The normalized spacial score (nSPS) is 11.5. The van der Waals surface area contributed by atoms with Gasteiger partial charge in [0.2, 0.25) is 0 Å². The third kappa shape index (κ3) is 1.09. The number of nitrogens with two attached hydrogens (primary N) is 2. The molecule has 1 aromatic carbocycles. The van der Waals surface area contributed by atoms with Crippen LogP contribution in [-0.4, -0.2) is 0 Å². The minimum Gasteiger partial charge on any atom is -0.397 e. The lowest BCUT2D eigenvalue weighted by Crippen LogP contribution is -1.94. The predicted molar refractivity (Wildman–Crippen MR) is 70.8 cm³/mol. The number of rotatable bonds is 0. The average Bonchev–Trinajstić information content (AvgIpc) is 2.79. The summed E-state index contributed by atoms with van der Waals surface area (Å²) < 4.78 is 2.53. The van der Waals surface area contributed by atoms with Gasteiger partial charge in [-0.15, -0.1) is 22.7 Å². The fourth-order valence-electron chi connectivity index (χ4n) is 1.87. The van der Waals surface area contributed by atoms with E-state index in [9.17, 15) is 0 Å². The predicted octanol–water partition coefficient (Wildman–Crippen LogP) is 3.59. The maximum atomic E-state index is 6.04. The zero-order valence-corrected chi connectivity index (χ0v) is 9.84. The Labute approximate surface area is 95.1 Å². The van der Waals surface area contributed by atoms with E-state index in [1.807, 2.05) is 6.07 Å². The maximum absolute atomic E-state index is 6.04. The van der Waals surface area contributed by atoms with E-state index in [-0.39, 0.29) is 0 Å². The average molecular weight is 234 g/mol. The van der Waals surface area contributed by atoms with Gasteiger partial charge < -0.3 is 11.5 Å². The highest BCUT2D eigenvalue weighted by Crippen LogP contribution is 2.42. The summed E-state index contributed by atoms with van der Waals surface area (Å²) in [7, 11) is 0. The molecule has 0 spiro atoms. The molecule has 3 aromatic rings. The Kier molecular flexibility index (Phi) is 1.72. The van der Waals surface area contributed by atoms with E-state index in [1.165, 1.54) is 14.3 Å². The van der Waals surface area contributed by atoms with Crippen LogP contribution >= 0.6 is 22.7 Å². The summed E-state index contributed by atoms with van der Waals surface area (Å²) in [5, 5.41) is 4.26. The number of anilines is 2. The zero-order chi connectivity index (χ0) is 10.6. The summed E-state index contributed by atoms with van der Waals surface area (Å²) in [6, 6.07) is 4.16. The number of hydrogen-bond donors (Lipinski definition) is 2. The number of thiophene rings is 2. The number of benzene rings is 1. The lowest BCUT2D eigenvalue weighted by molar-refractivity contribution is 1.65. The van der Waals surface area contributed by atoms with E-state index in [4.69, 9.17) is 11.5 Å². The van der Waals surface area contributed by atoms with Gasteiger partial charge in [-0.25, -0.2) is 0 Å². The first-order valence-corrected chi connectivity index (χ1v) is 6.32. The second-order valence-electron chi connectivity index (χ2n) is 3.59. The fourth-order valence-corrected chi connectivity index (χ4v) is 3.98. The lowest BCUT2D eigenvalue weighted by Gasteiger charge is -2.03. The van der Waals surface area contributed by atoms with E-state index < -0.39 is 0 Å². The highest BCUT2D eigenvalue weighted by Gasteiger charge is 2.12. The Bertz CT molecular complexity index is 664. The Balaban J connectivity index is 2.69. The molecule has 0 atom stereocenters. The van der Waals surface area contributed by atoms with Crippen LogP contribution in [0.4, 0.5) is 11.4 Å². The maximum Gasteiger partial charge on any atom is 0.0643 e. The van der Waals surface area contributed by atoms with Gasteiger partial charge in [-0.3, -0.25) is 0 Å². The molecule has 0 fully saturated rings. The van der Waals surface area contributed by atoms with Gasteiger partial charge in [0.15, 0.2) is 0 Å². The molecule has 2 aromatic heterocycles. The van der Waals surface area contributed by atoms with Crippen molar-refractivity contribution in [3.8, 4) is 0 Å². The van der Waals surface area contributed by atoms with Crippen LogP contribution in [-0.2, 0) is 0 Å². The van der Waals surface area contributed by atoms with Crippen molar-refractivity contribution in [2.24, 2.45) is 0 Å². The molecular formula is C11H10N2S2. The minimum atomic E-state index is 0.719. The van der Waals surface area contributed by atoms with E-state index >= 15 is 0 Å². The summed E-state index contributed by atoms with van der Waals surface area (Å²) in [6.45, 7) is 2.10. The van der Waals surface area contributed by atoms with Gasteiger partial charge in [0.1, 0.15) is 0 Å². The van der Waals surface area contributed by atoms with Crippen LogP contribution < -0.4 is 11.5 Å². The first-order chi connectivity index (χ1) is 7.18. The molecule has 4 N–H and O–H groups in total. The summed E-state index contributed by atoms with van der Waals surface area (Å²) in [5.74, 6) is 0. The first-order valence-electron chi connectivity index (χ1n) is 4.62. The van der Waals surface area contributed by atoms with E-state index in [2.05, 4.69) is 18.4 Å². The Morgan fingerprint density at radius 1 is 1.07 bits per heavy atom. The Hall–Kier alpha value is -1.26. The summed E-state index contributed by atoms with van der Waals surface area (Å²) in [5.41, 5.74) is 13.5. The van der Waals surface area contributed by atoms with Gasteiger partial charge in [0, 0.05) is 15.6 Å². The molecule has 0 aliphatic carbocycles. The van der Waals surface area contributed by atoms with Crippen molar-refractivity contribution < 1.29 is 0 Å². The second kappa shape index (κ2) is 2.87. The molecule has 0 saturated carbocycles. The monoisotopic (exact) mass is 234 g/mol.